The minimum Gasteiger partial charge on any atom is -0.462 e. The van der Waals surface area contributed by atoms with E-state index < -0.39 is 0 Å². The van der Waals surface area contributed by atoms with Crippen molar-refractivity contribution in [1.82, 2.24) is 0 Å². The van der Waals surface area contributed by atoms with E-state index in [9.17, 15) is 4.79 Å². The first-order chi connectivity index (χ1) is 9.90. The molecule has 4 atom stereocenters. The Morgan fingerprint density at radius 1 is 0.857 bits per heavy atom. The van der Waals surface area contributed by atoms with E-state index in [4.69, 9.17) is 4.74 Å². The van der Waals surface area contributed by atoms with Gasteiger partial charge in [-0.1, -0.05) is 73.1 Å². The van der Waals surface area contributed by atoms with Crippen LogP contribution in [0.4, 0.5) is 0 Å². The summed E-state index contributed by atoms with van der Waals surface area (Å²) in [6, 6.07) is 0. The fraction of sp³-hybridized carbons (Fsp3) is 0.947. The molecule has 0 rings (SSSR count). The highest BCUT2D eigenvalue weighted by atomic mass is 16.5. The van der Waals surface area contributed by atoms with Crippen LogP contribution in [0.1, 0.15) is 92.9 Å². The molecule has 0 spiro atoms. The molecular weight excluding hydrogens is 260 g/mol. The first-order valence-corrected chi connectivity index (χ1v) is 9.10. The Morgan fingerprint density at radius 2 is 1.38 bits per heavy atom. The molecule has 0 saturated heterocycles. The summed E-state index contributed by atoms with van der Waals surface area (Å²) in [5.41, 5.74) is 0. The smallest absolute Gasteiger partial charge is 0.305 e. The van der Waals surface area contributed by atoms with Crippen LogP contribution in [0.15, 0.2) is 0 Å². The molecule has 126 valence electrons. The third-order valence-corrected chi connectivity index (χ3v) is 4.85. The normalized spacial score (nSPS) is 17.0. The molecule has 0 unspecified atom stereocenters. The van der Waals surface area contributed by atoms with Crippen LogP contribution in [-0.4, -0.2) is 12.1 Å². The van der Waals surface area contributed by atoms with Crippen molar-refractivity contribution in [3.05, 3.63) is 0 Å². The summed E-state index contributed by atoms with van der Waals surface area (Å²) in [7, 11) is 0. The average Bonchev–Trinajstić information content (AvgIpc) is 2.46. The lowest BCUT2D eigenvalue weighted by atomic mass is 9.91. The molecule has 2 heteroatoms. The van der Waals surface area contributed by atoms with Crippen molar-refractivity contribution in [2.24, 2.45) is 17.8 Å². The van der Waals surface area contributed by atoms with E-state index in [1.54, 1.807) is 0 Å². The Bertz CT molecular complexity index is 262. The molecule has 0 N–H and O–H groups in total. The molecule has 21 heavy (non-hydrogen) atoms. The average molecular weight is 299 g/mol. The fourth-order valence-corrected chi connectivity index (χ4v) is 2.59. The number of rotatable bonds is 12. The topological polar surface area (TPSA) is 26.3 Å². The Morgan fingerprint density at radius 3 is 1.90 bits per heavy atom. The molecule has 0 aromatic rings. The largest absolute Gasteiger partial charge is 0.462 e. The van der Waals surface area contributed by atoms with Crippen LogP contribution in [0.2, 0.25) is 0 Å². The predicted octanol–water partition coefficient (Wildman–Crippen LogP) is 5.99. The van der Waals surface area contributed by atoms with Gasteiger partial charge in [0.1, 0.15) is 6.10 Å². The second-order valence-electron chi connectivity index (χ2n) is 7.01. The first-order valence-electron chi connectivity index (χ1n) is 9.10. The Kier molecular flexibility index (Phi) is 11.8. The van der Waals surface area contributed by atoms with Gasteiger partial charge < -0.3 is 4.74 Å². The summed E-state index contributed by atoms with van der Waals surface area (Å²) in [4.78, 5) is 11.3. The van der Waals surface area contributed by atoms with Crippen molar-refractivity contribution >= 4 is 5.97 Å². The molecule has 0 aromatic carbocycles. The molecular formula is C19H38O2. The molecule has 0 heterocycles. The SMILES string of the molecule is CCC(=O)O[C@@H](C)[C@H](C)CCC[C@H](C)CCC[C@H](C)CC. The van der Waals surface area contributed by atoms with E-state index >= 15 is 0 Å². The van der Waals surface area contributed by atoms with Crippen LogP contribution in [0.3, 0.4) is 0 Å². The molecule has 0 amide bonds. The maximum absolute atomic E-state index is 11.3. The molecule has 0 fully saturated rings. The van der Waals surface area contributed by atoms with Crippen LogP contribution in [0.25, 0.3) is 0 Å². The standard InChI is InChI=1S/C19H38O2/c1-7-15(3)11-9-12-16(4)13-10-14-17(5)18(6)21-19(20)8-2/h15-18H,7-14H2,1-6H3/t15-,16-,17-,18+/m1/s1. The zero-order chi connectivity index (χ0) is 16.3. The molecule has 0 radical (unpaired) electrons. The highest BCUT2D eigenvalue weighted by Crippen LogP contribution is 2.22. The zero-order valence-electron chi connectivity index (χ0n) is 15.3. The third kappa shape index (κ3) is 10.8. The number of ether oxygens (including phenoxy) is 1. The van der Waals surface area contributed by atoms with Crippen LogP contribution in [0, 0.1) is 17.8 Å². The molecule has 0 saturated carbocycles. The van der Waals surface area contributed by atoms with Gasteiger partial charge in [-0.2, -0.15) is 0 Å². The molecule has 0 bridgehead atoms. The van der Waals surface area contributed by atoms with E-state index in [1.165, 1.54) is 38.5 Å². The van der Waals surface area contributed by atoms with Crippen molar-refractivity contribution in [3.8, 4) is 0 Å². The Labute approximate surface area is 133 Å². The van der Waals surface area contributed by atoms with Crippen LogP contribution in [-0.2, 0) is 9.53 Å². The van der Waals surface area contributed by atoms with Gasteiger partial charge in [0.25, 0.3) is 0 Å². The van der Waals surface area contributed by atoms with Gasteiger partial charge in [-0.05, 0) is 31.1 Å². The van der Waals surface area contributed by atoms with E-state index in [0.29, 0.717) is 12.3 Å². The number of hydrogen-bond donors (Lipinski definition) is 0. The van der Waals surface area contributed by atoms with E-state index in [-0.39, 0.29) is 12.1 Å². The van der Waals surface area contributed by atoms with Crippen molar-refractivity contribution in [2.75, 3.05) is 0 Å². The maximum atomic E-state index is 11.3. The molecule has 0 aliphatic heterocycles. The Balaban J connectivity index is 3.69. The second-order valence-corrected chi connectivity index (χ2v) is 7.01. The summed E-state index contributed by atoms with van der Waals surface area (Å²) in [6.07, 6.45) is 9.66. The predicted molar refractivity (Wildman–Crippen MR) is 91.3 cm³/mol. The second kappa shape index (κ2) is 12.1. The number of esters is 1. The lowest BCUT2D eigenvalue weighted by Crippen LogP contribution is -2.21. The van der Waals surface area contributed by atoms with Gasteiger partial charge in [-0.25, -0.2) is 0 Å². The van der Waals surface area contributed by atoms with Gasteiger partial charge in [0, 0.05) is 6.42 Å². The number of hydrogen-bond acceptors (Lipinski definition) is 2. The number of carbonyl (C=O) groups is 1. The van der Waals surface area contributed by atoms with Gasteiger partial charge >= 0.3 is 5.97 Å². The highest BCUT2D eigenvalue weighted by molar-refractivity contribution is 5.69. The summed E-state index contributed by atoms with van der Waals surface area (Å²) < 4.78 is 5.38. The molecule has 0 aliphatic carbocycles. The summed E-state index contributed by atoms with van der Waals surface area (Å²) >= 11 is 0. The lowest BCUT2D eigenvalue weighted by molar-refractivity contribution is -0.150. The van der Waals surface area contributed by atoms with Gasteiger partial charge in [-0.3, -0.25) is 4.79 Å². The summed E-state index contributed by atoms with van der Waals surface area (Å²) in [5, 5.41) is 0. The minimum atomic E-state index is -0.0761. The lowest BCUT2D eigenvalue weighted by Gasteiger charge is -2.21. The van der Waals surface area contributed by atoms with E-state index in [2.05, 4.69) is 27.7 Å². The van der Waals surface area contributed by atoms with Gasteiger partial charge in [0.05, 0.1) is 0 Å². The molecule has 0 aliphatic rings. The monoisotopic (exact) mass is 298 g/mol. The molecule has 2 nitrogen and oxygen atoms in total. The van der Waals surface area contributed by atoms with Crippen LogP contribution < -0.4 is 0 Å². The highest BCUT2D eigenvalue weighted by Gasteiger charge is 2.16. The van der Waals surface area contributed by atoms with Crippen LogP contribution >= 0.6 is 0 Å². The van der Waals surface area contributed by atoms with Crippen molar-refractivity contribution in [2.45, 2.75) is 99.0 Å². The fourth-order valence-electron chi connectivity index (χ4n) is 2.59. The van der Waals surface area contributed by atoms with E-state index in [0.717, 1.165) is 18.3 Å². The number of carbonyl (C=O) groups excluding carboxylic acids is 1. The first kappa shape index (κ1) is 20.5. The van der Waals surface area contributed by atoms with E-state index in [1.807, 2.05) is 13.8 Å². The summed E-state index contributed by atoms with van der Waals surface area (Å²) in [6.45, 7) is 13.1. The third-order valence-electron chi connectivity index (χ3n) is 4.85. The van der Waals surface area contributed by atoms with Crippen molar-refractivity contribution in [3.63, 3.8) is 0 Å². The minimum absolute atomic E-state index is 0.0539. The van der Waals surface area contributed by atoms with Crippen molar-refractivity contribution in [1.29, 1.82) is 0 Å². The van der Waals surface area contributed by atoms with Crippen LogP contribution in [0.5, 0.6) is 0 Å². The Hall–Kier alpha value is -0.530. The summed E-state index contributed by atoms with van der Waals surface area (Å²) in [5.74, 6) is 2.10. The molecule has 0 aromatic heterocycles. The quantitative estimate of drug-likeness (QED) is 0.414. The maximum Gasteiger partial charge on any atom is 0.305 e. The van der Waals surface area contributed by atoms with Gasteiger partial charge in [0.15, 0.2) is 0 Å². The van der Waals surface area contributed by atoms with Gasteiger partial charge in [0.2, 0.25) is 0 Å². The van der Waals surface area contributed by atoms with Crippen molar-refractivity contribution < 1.29 is 9.53 Å². The zero-order valence-corrected chi connectivity index (χ0v) is 15.3. The van der Waals surface area contributed by atoms with Gasteiger partial charge in [-0.15, -0.1) is 0 Å².